The van der Waals surface area contributed by atoms with Crippen LogP contribution in [0.1, 0.15) is 14.9 Å². The van der Waals surface area contributed by atoms with Crippen LogP contribution in [0.5, 0.6) is 0 Å². The highest BCUT2D eigenvalue weighted by Gasteiger charge is 2.43. The standard InChI is InChI=1S/C7H14O6.C3H8OS.2CH4/c1-12-7-6(11)5(10)4(9)3(2-8)13-7;1-5(2,3)4;;/h3-11H,2H2,1H3;1H2,2-3H3;2*1H4/t3?,4-,5+,6?,7-;;;/m1.../s1. The van der Waals surface area contributed by atoms with Crippen molar-refractivity contribution < 1.29 is 34.1 Å². The molecule has 2 unspecified atom stereocenters. The number of aliphatic hydroxyl groups excluding tert-OH is 4. The fourth-order valence-corrected chi connectivity index (χ4v) is 1.26. The average molecular weight is 318 g/mol. The van der Waals surface area contributed by atoms with Gasteiger partial charge in [0.2, 0.25) is 0 Å². The van der Waals surface area contributed by atoms with E-state index in [1.54, 1.807) is 12.5 Å². The van der Waals surface area contributed by atoms with Gasteiger partial charge in [-0.2, -0.15) is 0 Å². The molecule has 0 radical (unpaired) electrons. The zero-order valence-corrected chi connectivity index (χ0v) is 11.5. The van der Waals surface area contributed by atoms with Crippen molar-refractivity contribution in [3.05, 3.63) is 0 Å². The van der Waals surface area contributed by atoms with E-state index in [0.717, 1.165) is 0 Å². The maximum atomic E-state index is 10.1. The summed E-state index contributed by atoms with van der Waals surface area (Å²) in [6.07, 6.45) is -2.70. The third-order valence-corrected chi connectivity index (χ3v) is 2.08. The third kappa shape index (κ3) is 8.85. The highest BCUT2D eigenvalue weighted by molar-refractivity contribution is 7.98. The summed E-state index contributed by atoms with van der Waals surface area (Å²) in [5.74, 6) is 3.30. The molecule has 1 heterocycles. The molecule has 0 aliphatic carbocycles. The van der Waals surface area contributed by atoms with Gasteiger partial charge >= 0.3 is 0 Å². The second-order valence-corrected chi connectivity index (χ2v) is 7.24. The normalized spacial score (nSPS) is 33.0. The van der Waals surface area contributed by atoms with Gasteiger partial charge in [-0.1, -0.05) is 14.9 Å². The molecule has 5 atom stereocenters. The molecule has 0 saturated carbocycles. The summed E-state index contributed by atoms with van der Waals surface area (Å²) in [6.45, 7) is -0.440. The quantitative estimate of drug-likeness (QED) is 0.466. The first kappa shape index (κ1) is 24.8. The van der Waals surface area contributed by atoms with Gasteiger partial charge in [0.25, 0.3) is 0 Å². The Morgan fingerprint density at radius 3 is 1.85 bits per heavy atom. The second kappa shape index (κ2) is 10.5. The van der Waals surface area contributed by atoms with Crippen LogP contribution in [0.4, 0.5) is 0 Å². The first-order chi connectivity index (χ1) is 8.11. The van der Waals surface area contributed by atoms with Crippen LogP contribution in [0.15, 0.2) is 0 Å². The molecule has 0 amide bonds. The van der Waals surface area contributed by atoms with Crippen molar-refractivity contribution in [3.63, 3.8) is 0 Å². The van der Waals surface area contributed by atoms with Crippen LogP contribution in [0.25, 0.3) is 0 Å². The summed E-state index contributed by atoms with van der Waals surface area (Å²) < 4.78 is 19.7. The zero-order valence-electron chi connectivity index (χ0n) is 10.7. The Labute approximate surface area is 122 Å². The van der Waals surface area contributed by atoms with E-state index in [2.05, 4.69) is 5.87 Å². The minimum Gasteiger partial charge on any atom is -0.394 e. The molecule has 1 aliphatic heterocycles. The van der Waals surface area contributed by atoms with Gasteiger partial charge in [-0.25, -0.2) is 0 Å². The topological polar surface area (TPSA) is 116 Å². The molecule has 4 N–H and O–H groups in total. The molecule has 1 aliphatic rings. The number of methoxy groups -OCH3 is 1. The SMILES string of the molecule is C.C.C=S(C)(C)=O.CO[C@@H]1OC(CO)[C@@H](O)[C@H](O)C1O. The van der Waals surface area contributed by atoms with E-state index < -0.39 is 46.8 Å². The molecule has 0 aromatic rings. The van der Waals surface area contributed by atoms with Crippen LogP contribution in [-0.4, -0.2) is 87.4 Å². The van der Waals surface area contributed by atoms with Crippen molar-refractivity contribution >= 4 is 15.4 Å². The van der Waals surface area contributed by atoms with Crippen LogP contribution in [-0.2, 0) is 19.0 Å². The number of rotatable bonds is 2. The van der Waals surface area contributed by atoms with Crippen molar-refractivity contribution in [1.82, 2.24) is 0 Å². The molecule has 8 heteroatoms. The number of ether oxygens (including phenoxy) is 2. The van der Waals surface area contributed by atoms with E-state index in [1.165, 1.54) is 7.11 Å². The highest BCUT2D eigenvalue weighted by Crippen LogP contribution is 2.20. The zero-order chi connectivity index (χ0) is 14.5. The van der Waals surface area contributed by atoms with Crippen molar-refractivity contribution in [3.8, 4) is 0 Å². The van der Waals surface area contributed by atoms with E-state index in [0.29, 0.717) is 0 Å². The molecule has 20 heavy (non-hydrogen) atoms. The van der Waals surface area contributed by atoms with Crippen molar-refractivity contribution in [2.75, 3.05) is 26.2 Å². The summed E-state index contributed by atoms with van der Waals surface area (Å²) in [7, 11) is -0.368. The molecular formula is C12H30O7S. The van der Waals surface area contributed by atoms with Crippen LogP contribution in [0, 0.1) is 0 Å². The maximum absolute atomic E-state index is 10.1. The largest absolute Gasteiger partial charge is 0.394 e. The smallest absolute Gasteiger partial charge is 0.186 e. The molecule has 126 valence electrons. The Hall–Kier alpha value is -0.220. The molecule has 0 spiro atoms. The molecule has 1 fully saturated rings. The van der Waals surface area contributed by atoms with Gasteiger partial charge in [-0.3, -0.25) is 4.21 Å². The first-order valence-electron chi connectivity index (χ1n) is 5.22. The lowest BCUT2D eigenvalue weighted by atomic mass is 9.99. The van der Waals surface area contributed by atoms with E-state index >= 15 is 0 Å². The maximum Gasteiger partial charge on any atom is 0.186 e. The molecule has 1 rings (SSSR count). The average Bonchev–Trinajstić information content (AvgIpc) is 2.24. The summed E-state index contributed by atoms with van der Waals surface area (Å²) in [4.78, 5) is 0. The number of aliphatic hydroxyl groups is 4. The predicted molar refractivity (Wildman–Crippen MR) is 81.3 cm³/mol. The Morgan fingerprint density at radius 1 is 1.15 bits per heavy atom. The van der Waals surface area contributed by atoms with Crippen molar-refractivity contribution in [1.29, 1.82) is 0 Å². The van der Waals surface area contributed by atoms with Crippen LogP contribution < -0.4 is 0 Å². The molecule has 0 aromatic carbocycles. The first-order valence-corrected chi connectivity index (χ1v) is 7.76. The fourth-order valence-electron chi connectivity index (χ4n) is 1.26. The van der Waals surface area contributed by atoms with Gasteiger partial charge in [0.1, 0.15) is 24.4 Å². The Kier molecular flexibility index (Phi) is 13.0. The third-order valence-electron chi connectivity index (χ3n) is 2.08. The molecule has 7 nitrogen and oxygen atoms in total. The molecule has 0 aromatic heterocycles. The summed E-state index contributed by atoms with van der Waals surface area (Å²) in [5, 5.41) is 36.6. The fraction of sp³-hybridized carbons (Fsp3) is 0.917. The summed E-state index contributed by atoms with van der Waals surface area (Å²) in [5.41, 5.74) is 0. The van der Waals surface area contributed by atoms with Crippen LogP contribution in [0.3, 0.4) is 0 Å². The lowest BCUT2D eigenvalue weighted by molar-refractivity contribution is -0.294. The van der Waals surface area contributed by atoms with E-state index in [-0.39, 0.29) is 14.9 Å². The molecule has 0 bridgehead atoms. The molecular weight excluding hydrogens is 288 g/mol. The van der Waals surface area contributed by atoms with Gasteiger partial charge < -0.3 is 29.9 Å². The number of hydrogen-bond acceptors (Lipinski definition) is 7. The predicted octanol–water partition coefficient (Wildman–Crippen LogP) is -1.33. The van der Waals surface area contributed by atoms with E-state index in [4.69, 9.17) is 14.6 Å². The van der Waals surface area contributed by atoms with E-state index in [1.807, 2.05) is 0 Å². The number of hydrogen-bond donors (Lipinski definition) is 4. The van der Waals surface area contributed by atoms with Gasteiger partial charge in [0.05, 0.1) is 6.61 Å². The lowest BCUT2D eigenvalue weighted by Crippen LogP contribution is -2.58. The van der Waals surface area contributed by atoms with Gasteiger partial charge in [0, 0.05) is 19.6 Å². The van der Waals surface area contributed by atoms with Gasteiger partial charge in [-0.15, -0.1) is 0 Å². The second-order valence-electron chi connectivity index (χ2n) is 4.37. The highest BCUT2D eigenvalue weighted by atomic mass is 32.2. The Morgan fingerprint density at radius 2 is 1.55 bits per heavy atom. The summed E-state index contributed by atoms with van der Waals surface area (Å²) in [6, 6.07) is 0. The minimum absolute atomic E-state index is 0. The molecule has 1 saturated heterocycles. The van der Waals surface area contributed by atoms with Gasteiger partial charge in [-0.05, 0) is 15.4 Å². The Bertz CT molecular complexity index is 303. The van der Waals surface area contributed by atoms with Crippen LogP contribution >= 0.6 is 0 Å². The Balaban J connectivity index is -0.000000361. The van der Waals surface area contributed by atoms with Gasteiger partial charge in [0.15, 0.2) is 6.29 Å². The van der Waals surface area contributed by atoms with E-state index in [9.17, 15) is 19.5 Å². The van der Waals surface area contributed by atoms with Crippen molar-refractivity contribution in [2.24, 2.45) is 0 Å². The minimum atomic E-state index is -1.67. The van der Waals surface area contributed by atoms with Crippen LogP contribution in [0.2, 0.25) is 0 Å². The monoisotopic (exact) mass is 318 g/mol. The summed E-state index contributed by atoms with van der Waals surface area (Å²) >= 11 is 0. The van der Waals surface area contributed by atoms with Crippen molar-refractivity contribution in [2.45, 2.75) is 45.6 Å². The lowest BCUT2D eigenvalue weighted by Gasteiger charge is -2.38.